The Balaban J connectivity index is 2.17. The number of hydrogen-bond donors (Lipinski definition) is 2. The number of methoxy groups -OCH3 is 1. The summed E-state index contributed by atoms with van der Waals surface area (Å²) < 4.78 is 4.54. The molecule has 0 radical (unpaired) electrons. The summed E-state index contributed by atoms with van der Waals surface area (Å²) in [7, 11) is 1.31. The Morgan fingerprint density at radius 2 is 2.10 bits per heavy atom. The summed E-state index contributed by atoms with van der Waals surface area (Å²) in [5.41, 5.74) is 6.22. The predicted octanol–water partition coefficient (Wildman–Crippen LogP) is 2.29. The molecule has 7 heteroatoms. The second-order valence-corrected chi connectivity index (χ2v) is 5.94. The minimum Gasteiger partial charge on any atom is -0.468 e. The lowest BCUT2D eigenvalue weighted by Gasteiger charge is -2.09. The largest absolute Gasteiger partial charge is 0.468 e. The quantitative estimate of drug-likeness (QED) is 0.564. The van der Waals surface area contributed by atoms with Crippen LogP contribution in [0.1, 0.15) is 12.8 Å². The fraction of sp³-hybridized carbons (Fsp3) is 0.429. The Morgan fingerprint density at radius 1 is 1.38 bits per heavy atom. The zero-order valence-corrected chi connectivity index (χ0v) is 13.4. The molecule has 1 aromatic rings. The van der Waals surface area contributed by atoms with Gasteiger partial charge in [-0.25, -0.2) is 0 Å². The van der Waals surface area contributed by atoms with Crippen molar-refractivity contribution in [1.82, 2.24) is 0 Å². The normalized spacial score (nSPS) is 11.8. The van der Waals surface area contributed by atoms with E-state index in [2.05, 4.69) is 10.1 Å². The molecule has 0 aromatic heterocycles. The number of esters is 1. The molecule has 1 rings (SSSR count). The maximum Gasteiger partial charge on any atom is 0.322 e. The molecule has 0 heterocycles. The Labute approximate surface area is 133 Å². The van der Waals surface area contributed by atoms with Gasteiger partial charge in [0.05, 0.1) is 17.8 Å². The van der Waals surface area contributed by atoms with Gasteiger partial charge in [-0.15, -0.1) is 0 Å². The Hall–Kier alpha value is -1.24. The highest BCUT2D eigenvalue weighted by Crippen LogP contribution is 2.20. The van der Waals surface area contributed by atoms with E-state index in [0.717, 1.165) is 0 Å². The fourth-order valence-corrected chi connectivity index (χ4v) is 2.66. The van der Waals surface area contributed by atoms with Crippen LogP contribution in [0.15, 0.2) is 24.3 Å². The third-order valence-electron chi connectivity index (χ3n) is 2.70. The number of rotatable bonds is 8. The number of hydrogen-bond acceptors (Lipinski definition) is 5. The average molecular weight is 331 g/mol. The maximum absolute atomic E-state index is 11.7. The third-order valence-corrected chi connectivity index (χ3v) is 4.05. The molecule has 0 fully saturated rings. The van der Waals surface area contributed by atoms with E-state index in [1.807, 2.05) is 6.07 Å². The van der Waals surface area contributed by atoms with Crippen LogP contribution in [0.4, 0.5) is 5.69 Å². The van der Waals surface area contributed by atoms with Gasteiger partial charge in [0.15, 0.2) is 0 Å². The Morgan fingerprint density at radius 3 is 2.76 bits per heavy atom. The molecule has 21 heavy (non-hydrogen) atoms. The summed E-state index contributed by atoms with van der Waals surface area (Å²) in [6.45, 7) is 0. The highest BCUT2D eigenvalue weighted by Gasteiger charge is 2.13. The van der Waals surface area contributed by atoms with E-state index in [4.69, 9.17) is 17.3 Å². The first kappa shape index (κ1) is 17.8. The van der Waals surface area contributed by atoms with Crippen LogP contribution < -0.4 is 11.1 Å². The number of nitrogens with two attached hydrogens (primary N) is 1. The monoisotopic (exact) mass is 330 g/mol. The average Bonchev–Trinajstić information content (AvgIpc) is 2.48. The van der Waals surface area contributed by atoms with Crippen LogP contribution in [0.2, 0.25) is 5.02 Å². The topological polar surface area (TPSA) is 81.4 Å². The first-order chi connectivity index (χ1) is 10.0. The van der Waals surface area contributed by atoms with Crippen molar-refractivity contribution >= 4 is 40.9 Å². The van der Waals surface area contributed by atoms with E-state index < -0.39 is 12.0 Å². The van der Waals surface area contributed by atoms with E-state index in [0.29, 0.717) is 35.1 Å². The molecule has 5 nitrogen and oxygen atoms in total. The van der Waals surface area contributed by atoms with Crippen molar-refractivity contribution in [2.75, 3.05) is 23.9 Å². The van der Waals surface area contributed by atoms with E-state index in [1.165, 1.54) is 7.11 Å². The molecule has 0 aliphatic heterocycles. The van der Waals surface area contributed by atoms with E-state index in [9.17, 15) is 9.59 Å². The standard InChI is InChI=1S/C14H19ClN2O3S/c1-20-14(19)11(16)6-8-21-9-7-13(18)17-12-5-3-2-4-10(12)15/h2-5,11H,6-9,16H2,1H3,(H,17,18). The van der Waals surface area contributed by atoms with Gasteiger partial charge >= 0.3 is 5.97 Å². The van der Waals surface area contributed by atoms with Crippen molar-refractivity contribution in [2.45, 2.75) is 18.9 Å². The van der Waals surface area contributed by atoms with Crippen molar-refractivity contribution < 1.29 is 14.3 Å². The molecule has 0 spiro atoms. The van der Waals surface area contributed by atoms with Crippen LogP contribution in [-0.4, -0.2) is 36.5 Å². The number of benzene rings is 1. The van der Waals surface area contributed by atoms with Gasteiger partial charge in [0.25, 0.3) is 0 Å². The minimum absolute atomic E-state index is 0.0899. The number of carbonyl (C=O) groups is 2. The first-order valence-corrected chi connectivity index (χ1v) is 8.03. The van der Waals surface area contributed by atoms with E-state index in [-0.39, 0.29) is 5.91 Å². The van der Waals surface area contributed by atoms with Gasteiger partial charge in [-0.05, 0) is 24.3 Å². The summed E-state index contributed by atoms with van der Waals surface area (Å²) >= 11 is 7.52. The van der Waals surface area contributed by atoms with Crippen LogP contribution in [-0.2, 0) is 14.3 Å². The van der Waals surface area contributed by atoms with Crippen LogP contribution >= 0.6 is 23.4 Å². The number of thioether (sulfide) groups is 1. The highest BCUT2D eigenvalue weighted by molar-refractivity contribution is 7.99. The van der Waals surface area contributed by atoms with Crippen molar-refractivity contribution in [1.29, 1.82) is 0 Å². The smallest absolute Gasteiger partial charge is 0.322 e. The van der Waals surface area contributed by atoms with Gasteiger partial charge in [0.1, 0.15) is 6.04 Å². The number of halogens is 1. The molecular weight excluding hydrogens is 312 g/mol. The molecule has 0 aliphatic carbocycles. The molecule has 1 atom stereocenters. The summed E-state index contributed by atoms with van der Waals surface area (Å²) in [6, 6.07) is 6.49. The van der Waals surface area contributed by atoms with Crippen molar-refractivity contribution in [2.24, 2.45) is 5.73 Å². The van der Waals surface area contributed by atoms with Crippen LogP contribution in [0.3, 0.4) is 0 Å². The zero-order valence-electron chi connectivity index (χ0n) is 11.8. The SMILES string of the molecule is COC(=O)C(N)CCSCCC(=O)Nc1ccccc1Cl. The third kappa shape index (κ3) is 6.84. The second-order valence-electron chi connectivity index (χ2n) is 4.31. The predicted molar refractivity (Wildman–Crippen MR) is 86.6 cm³/mol. The molecule has 0 saturated heterocycles. The van der Waals surface area contributed by atoms with Crippen LogP contribution in [0.25, 0.3) is 0 Å². The number of carbonyl (C=O) groups excluding carboxylic acids is 2. The Bertz CT molecular complexity index is 485. The van der Waals surface area contributed by atoms with Gasteiger partial charge in [-0.2, -0.15) is 11.8 Å². The molecule has 0 bridgehead atoms. The lowest BCUT2D eigenvalue weighted by atomic mass is 10.2. The van der Waals surface area contributed by atoms with Gasteiger partial charge in [0.2, 0.25) is 5.91 Å². The summed E-state index contributed by atoms with van der Waals surface area (Å²) in [4.78, 5) is 22.8. The lowest BCUT2D eigenvalue weighted by molar-refractivity contribution is -0.142. The summed E-state index contributed by atoms with van der Waals surface area (Å²) in [6.07, 6.45) is 0.910. The van der Waals surface area contributed by atoms with Gasteiger partial charge in [-0.3, -0.25) is 9.59 Å². The van der Waals surface area contributed by atoms with Gasteiger partial charge in [0, 0.05) is 12.2 Å². The van der Waals surface area contributed by atoms with Crippen molar-refractivity contribution in [3.8, 4) is 0 Å². The molecule has 1 amide bonds. The maximum atomic E-state index is 11.7. The zero-order chi connectivity index (χ0) is 15.7. The number of nitrogens with one attached hydrogen (secondary N) is 1. The summed E-state index contributed by atoms with van der Waals surface area (Å²) in [5, 5.41) is 3.27. The van der Waals surface area contributed by atoms with Crippen LogP contribution in [0, 0.1) is 0 Å². The molecule has 0 aliphatic rings. The van der Waals surface area contributed by atoms with Gasteiger partial charge < -0.3 is 15.8 Å². The number of para-hydroxylation sites is 1. The fourth-order valence-electron chi connectivity index (χ4n) is 1.52. The minimum atomic E-state index is -0.598. The molecule has 1 aromatic carbocycles. The first-order valence-electron chi connectivity index (χ1n) is 6.50. The van der Waals surface area contributed by atoms with Crippen molar-refractivity contribution in [3.05, 3.63) is 29.3 Å². The molecular formula is C14H19ClN2O3S. The van der Waals surface area contributed by atoms with Crippen molar-refractivity contribution in [3.63, 3.8) is 0 Å². The van der Waals surface area contributed by atoms with Gasteiger partial charge in [-0.1, -0.05) is 23.7 Å². The number of amides is 1. The summed E-state index contributed by atoms with van der Waals surface area (Å²) in [5.74, 6) is 0.861. The molecule has 3 N–H and O–H groups in total. The molecule has 1 unspecified atom stereocenters. The molecule has 116 valence electrons. The van der Waals surface area contributed by atoms with E-state index >= 15 is 0 Å². The Kier molecular flexibility index (Phi) is 8.19. The number of anilines is 1. The lowest BCUT2D eigenvalue weighted by Crippen LogP contribution is -2.32. The van der Waals surface area contributed by atoms with Crippen LogP contribution in [0.5, 0.6) is 0 Å². The molecule has 0 saturated carbocycles. The second kappa shape index (κ2) is 9.65. The van der Waals surface area contributed by atoms with E-state index in [1.54, 1.807) is 30.0 Å². The number of ether oxygens (including phenoxy) is 1. The highest BCUT2D eigenvalue weighted by atomic mass is 35.5.